The minimum absolute atomic E-state index is 0.0975. The van der Waals surface area contributed by atoms with E-state index in [2.05, 4.69) is 11.9 Å². The first-order valence-corrected chi connectivity index (χ1v) is 19.3. The summed E-state index contributed by atoms with van der Waals surface area (Å²) in [4.78, 5) is 57.9. The lowest BCUT2D eigenvalue weighted by Gasteiger charge is -2.50. The molecular weight excluding hydrogens is 699 g/mol. The molecule has 10 heteroatoms. The van der Waals surface area contributed by atoms with Gasteiger partial charge in [-0.1, -0.05) is 116 Å². The van der Waals surface area contributed by atoms with Gasteiger partial charge in [0.15, 0.2) is 5.78 Å². The number of hydrogen-bond donors (Lipinski definition) is 2. The highest BCUT2D eigenvalue weighted by Crippen LogP contribution is 2.50. The average Bonchev–Trinajstić information content (AvgIpc) is 3.21. The number of nitrogens with zero attached hydrogens (tertiary/aromatic N) is 1. The van der Waals surface area contributed by atoms with Gasteiger partial charge in [0.05, 0.1) is 25.2 Å². The van der Waals surface area contributed by atoms with Crippen molar-refractivity contribution in [1.29, 1.82) is 0 Å². The largest absolute Gasteiger partial charge is 0.497 e. The number of anilines is 1. The Balaban J connectivity index is 1.49. The second kappa shape index (κ2) is 16.8. The molecule has 1 heterocycles. The Labute approximate surface area is 314 Å². The third kappa shape index (κ3) is 7.42. The van der Waals surface area contributed by atoms with Crippen LogP contribution in [0.25, 0.3) is 0 Å². The minimum atomic E-state index is -3.23. The highest BCUT2D eigenvalue weighted by Gasteiger charge is 2.55. The lowest BCUT2D eigenvalue weighted by molar-refractivity contribution is -0.157. The monoisotopic (exact) mass is 740 g/mol. The second-order valence-electron chi connectivity index (χ2n) is 12.8. The second-order valence-corrected chi connectivity index (χ2v) is 16.1. The first kappa shape index (κ1) is 37.7. The maximum atomic E-state index is 14.7. The van der Waals surface area contributed by atoms with Crippen LogP contribution in [0.4, 0.5) is 5.69 Å². The summed E-state index contributed by atoms with van der Waals surface area (Å²) >= 11 is 0. The molecule has 6 rings (SSSR count). The molecule has 1 fully saturated rings. The smallest absolute Gasteiger partial charge is 0.356 e. The number of ether oxygens (including phenoxy) is 2. The van der Waals surface area contributed by atoms with Crippen molar-refractivity contribution in [3.8, 4) is 5.75 Å². The van der Waals surface area contributed by atoms with Crippen molar-refractivity contribution < 1.29 is 33.8 Å². The lowest BCUT2D eigenvalue weighted by Crippen LogP contribution is -2.68. The third-order valence-corrected chi connectivity index (χ3v) is 13.7. The van der Waals surface area contributed by atoms with Crippen molar-refractivity contribution in [1.82, 2.24) is 4.90 Å². The van der Waals surface area contributed by atoms with Gasteiger partial charge in [0.1, 0.15) is 17.8 Å². The molecule has 0 aromatic heterocycles. The number of carbonyl (C=O) groups is 4. The summed E-state index contributed by atoms with van der Waals surface area (Å²) in [5.41, 5.74) is 1.15. The van der Waals surface area contributed by atoms with Crippen LogP contribution in [0, 0.1) is 5.92 Å². The van der Waals surface area contributed by atoms with Crippen LogP contribution < -0.4 is 26.0 Å². The summed E-state index contributed by atoms with van der Waals surface area (Å²) in [5.74, 6) is -2.35. The standard InChI is InChI=1S/C44H41N2O7P/c1-4-27-53-44(51)43(54(35-17-8-5-9-18-35,36-19-10-6-11-20-36)37-21-12-7-13-22-37)46-38(40(30(2)47)42(46)50)29-39(48)31-15-14-16-32(28-31)41(49)45-33-23-25-34(52-3)26-24-33/h4-26,28,30,38,40,47H,1,27,29H2,2-3H3,(H,45,49). The molecule has 9 nitrogen and oxygen atoms in total. The fraction of sp³-hybridized carbons (Fsp3) is 0.159. The predicted octanol–water partition coefficient (Wildman–Crippen LogP) is 5.58. The zero-order chi connectivity index (χ0) is 38.2. The van der Waals surface area contributed by atoms with Crippen molar-refractivity contribution in [2.45, 2.75) is 25.5 Å². The average molecular weight is 741 g/mol. The first-order valence-electron chi connectivity index (χ1n) is 17.5. The molecule has 1 aliphatic heterocycles. The molecule has 0 bridgehead atoms. The van der Waals surface area contributed by atoms with Crippen LogP contribution in [-0.2, 0) is 14.3 Å². The molecule has 5 aromatic carbocycles. The molecule has 0 radical (unpaired) electrons. The van der Waals surface area contributed by atoms with Gasteiger partial charge in [-0.3, -0.25) is 14.4 Å². The zero-order valence-corrected chi connectivity index (χ0v) is 30.9. The number of aliphatic hydroxyl groups excluding tert-OH is 1. The molecule has 0 saturated carbocycles. The number of benzene rings is 5. The van der Waals surface area contributed by atoms with E-state index in [-0.39, 0.29) is 35.4 Å². The van der Waals surface area contributed by atoms with Crippen LogP contribution >= 0.6 is 6.89 Å². The molecule has 1 aliphatic rings. The quantitative estimate of drug-likeness (QED) is 0.0502. The molecule has 3 atom stereocenters. The van der Waals surface area contributed by atoms with Crippen molar-refractivity contribution in [2.75, 3.05) is 19.0 Å². The van der Waals surface area contributed by atoms with Crippen LogP contribution in [0.2, 0.25) is 0 Å². The highest BCUT2D eigenvalue weighted by molar-refractivity contribution is 7.96. The summed E-state index contributed by atoms with van der Waals surface area (Å²) in [6.07, 6.45) is 0.0940. The van der Waals surface area contributed by atoms with Crippen molar-refractivity contribution >= 4 is 57.5 Å². The Bertz CT molecular complexity index is 2100. The first-order chi connectivity index (χ1) is 26.2. The Morgan fingerprint density at radius 3 is 1.85 bits per heavy atom. The van der Waals surface area contributed by atoms with E-state index in [0.29, 0.717) is 11.4 Å². The van der Waals surface area contributed by atoms with Gasteiger partial charge in [-0.05, 0) is 59.2 Å². The molecule has 0 aliphatic carbocycles. The molecule has 3 unspecified atom stereocenters. The van der Waals surface area contributed by atoms with Gasteiger partial charge in [0, 0.05) is 30.1 Å². The summed E-state index contributed by atoms with van der Waals surface area (Å²) in [7, 11) is 1.55. The number of rotatable bonds is 14. The van der Waals surface area contributed by atoms with Gasteiger partial charge >= 0.3 is 5.97 Å². The number of aliphatic hydroxyl groups is 1. The number of methoxy groups -OCH3 is 1. The Hall–Kier alpha value is -6.02. The van der Waals surface area contributed by atoms with Crippen molar-refractivity contribution in [2.24, 2.45) is 5.92 Å². The fourth-order valence-corrected chi connectivity index (χ4v) is 11.4. The minimum Gasteiger partial charge on any atom is -0.497 e. The van der Waals surface area contributed by atoms with Crippen LogP contribution in [0.1, 0.15) is 34.1 Å². The van der Waals surface area contributed by atoms with Crippen molar-refractivity contribution in [3.63, 3.8) is 0 Å². The molecule has 1 saturated heterocycles. The Morgan fingerprint density at radius 1 is 0.815 bits per heavy atom. The molecule has 0 spiro atoms. The summed E-state index contributed by atoms with van der Waals surface area (Å²) in [5, 5.41) is 16.2. The number of hydrogen-bond acceptors (Lipinski definition) is 7. The number of amides is 2. The fourth-order valence-electron chi connectivity index (χ4n) is 6.96. The molecule has 274 valence electrons. The predicted molar refractivity (Wildman–Crippen MR) is 213 cm³/mol. The van der Waals surface area contributed by atoms with Gasteiger partial charge in [0.25, 0.3) is 5.91 Å². The van der Waals surface area contributed by atoms with E-state index < -0.39 is 42.7 Å². The Kier molecular flexibility index (Phi) is 11.7. The number of carbonyl (C=O) groups excluding carboxylic acids is 4. The van der Waals surface area contributed by atoms with E-state index in [1.165, 1.54) is 24.0 Å². The topological polar surface area (TPSA) is 122 Å². The van der Waals surface area contributed by atoms with E-state index in [1.807, 2.05) is 91.0 Å². The SMILES string of the molecule is C=CCOC(=O)C(N1C(=O)C(C(C)O)C1CC(=O)c1cccc(C(=O)Nc2ccc(OC)cc2)c1)=P(c1ccccc1)(c1ccccc1)c1ccccc1. The molecule has 54 heavy (non-hydrogen) atoms. The van der Waals surface area contributed by atoms with E-state index in [0.717, 1.165) is 15.9 Å². The van der Waals surface area contributed by atoms with Gasteiger partial charge in [-0.2, -0.15) is 0 Å². The summed E-state index contributed by atoms with van der Waals surface area (Å²) < 4.78 is 11.0. The number of esters is 1. The zero-order valence-electron chi connectivity index (χ0n) is 30.0. The van der Waals surface area contributed by atoms with Crippen molar-refractivity contribution in [3.05, 3.63) is 163 Å². The molecule has 2 amide bonds. The van der Waals surface area contributed by atoms with Crippen LogP contribution in [-0.4, -0.2) is 64.9 Å². The van der Waals surface area contributed by atoms with Gasteiger partial charge in [-0.25, -0.2) is 4.79 Å². The van der Waals surface area contributed by atoms with Gasteiger partial charge < -0.3 is 24.8 Å². The number of likely N-dealkylation sites (tertiary alicyclic amines) is 1. The van der Waals surface area contributed by atoms with Crippen LogP contribution in [0.15, 0.2) is 152 Å². The number of ketones is 1. The lowest BCUT2D eigenvalue weighted by atomic mass is 9.79. The summed E-state index contributed by atoms with van der Waals surface area (Å²) in [6, 6.07) is 40.9. The Morgan fingerprint density at radius 2 is 1.35 bits per heavy atom. The van der Waals surface area contributed by atoms with Crippen LogP contribution in [0.5, 0.6) is 5.75 Å². The van der Waals surface area contributed by atoms with E-state index >= 15 is 0 Å². The van der Waals surface area contributed by atoms with E-state index in [4.69, 9.17) is 9.47 Å². The normalized spacial score (nSPS) is 15.7. The molecular formula is C44H41N2O7P. The van der Waals surface area contributed by atoms with E-state index in [1.54, 1.807) is 49.6 Å². The number of Topliss-reactive ketones (excluding diaryl/α,β-unsaturated/α-hetero) is 1. The number of β-lactam (4-membered cyclic amide) rings is 1. The number of nitrogens with one attached hydrogen (secondary N) is 1. The maximum absolute atomic E-state index is 14.7. The molecule has 2 N–H and O–H groups in total. The summed E-state index contributed by atoms with van der Waals surface area (Å²) in [6.45, 7) is 1.89. The third-order valence-electron chi connectivity index (χ3n) is 9.47. The van der Waals surface area contributed by atoms with Gasteiger partial charge in [0.2, 0.25) is 5.91 Å². The highest BCUT2D eigenvalue weighted by atomic mass is 31.2. The van der Waals surface area contributed by atoms with Gasteiger partial charge in [-0.15, -0.1) is 0 Å². The van der Waals surface area contributed by atoms with E-state index in [9.17, 15) is 24.3 Å². The molecule has 5 aromatic rings. The van der Waals surface area contributed by atoms with Crippen LogP contribution in [0.3, 0.4) is 0 Å². The maximum Gasteiger partial charge on any atom is 0.356 e.